The Morgan fingerprint density at radius 3 is 2.94 bits per heavy atom. The van der Waals surface area contributed by atoms with Gasteiger partial charge in [-0.25, -0.2) is 9.59 Å². The van der Waals surface area contributed by atoms with Crippen molar-refractivity contribution < 1.29 is 24.2 Å². The van der Waals surface area contributed by atoms with Crippen LogP contribution in [-0.4, -0.2) is 37.5 Å². The molecular formula is C9H11NO5S. The topological polar surface area (TPSA) is 84.9 Å². The van der Waals surface area contributed by atoms with E-state index in [9.17, 15) is 9.59 Å². The molecule has 16 heavy (non-hydrogen) atoms. The van der Waals surface area contributed by atoms with Crippen LogP contribution in [0.5, 0.6) is 0 Å². The molecule has 0 saturated carbocycles. The second-order valence-electron chi connectivity index (χ2n) is 2.64. The summed E-state index contributed by atoms with van der Waals surface area (Å²) in [7, 11) is 1.26. The molecule has 2 N–H and O–H groups in total. The fourth-order valence-electron chi connectivity index (χ4n) is 0.943. The van der Waals surface area contributed by atoms with Crippen LogP contribution in [0.2, 0.25) is 0 Å². The third kappa shape index (κ3) is 3.21. The van der Waals surface area contributed by atoms with Crippen LogP contribution in [0.1, 0.15) is 9.67 Å². The summed E-state index contributed by atoms with van der Waals surface area (Å²) in [5, 5.41) is 12.5. The van der Waals surface area contributed by atoms with Crippen molar-refractivity contribution in [2.75, 3.05) is 25.6 Å². The van der Waals surface area contributed by atoms with Crippen molar-refractivity contribution >= 4 is 29.1 Å². The van der Waals surface area contributed by atoms with E-state index in [0.29, 0.717) is 10.6 Å². The normalized spacial score (nSPS) is 9.62. The number of carbonyl (C=O) groups is 2. The van der Waals surface area contributed by atoms with Crippen LogP contribution in [-0.2, 0) is 9.47 Å². The third-order valence-corrected chi connectivity index (χ3v) is 2.49. The van der Waals surface area contributed by atoms with E-state index in [2.05, 4.69) is 14.8 Å². The summed E-state index contributed by atoms with van der Waals surface area (Å²) in [5.74, 6) is -0.521. The Hall–Kier alpha value is -1.60. The zero-order chi connectivity index (χ0) is 12.0. The van der Waals surface area contributed by atoms with Gasteiger partial charge >= 0.3 is 12.1 Å². The van der Waals surface area contributed by atoms with Gasteiger partial charge in [-0.1, -0.05) is 0 Å². The van der Waals surface area contributed by atoms with Crippen LogP contribution >= 0.6 is 11.3 Å². The Labute approximate surface area is 95.8 Å². The monoisotopic (exact) mass is 245 g/mol. The summed E-state index contributed by atoms with van der Waals surface area (Å²) in [4.78, 5) is 22.7. The van der Waals surface area contributed by atoms with Crippen molar-refractivity contribution in [2.24, 2.45) is 0 Å². The SMILES string of the molecule is COC(=O)c1sccc1NC(=O)OCCO. The average molecular weight is 245 g/mol. The summed E-state index contributed by atoms with van der Waals surface area (Å²) in [6, 6.07) is 1.57. The molecule has 0 aliphatic rings. The van der Waals surface area contributed by atoms with Gasteiger partial charge in [0.1, 0.15) is 11.5 Å². The molecule has 0 aliphatic heterocycles. The first-order chi connectivity index (χ1) is 7.69. The molecule has 1 aromatic rings. The van der Waals surface area contributed by atoms with Gasteiger partial charge in [-0.2, -0.15) is 0 Å². The van der Waals surface area contributed by atoms with Gasteiger partial charge in [-0.3, -0.25) is 5.32 Å². The first-order valence-corrected chi connectivity index (χ1v) is 5.27. The van der Waals surface area contributed by atoms with E-state index in [4.69, 9.17) is 5.11 Å². The predicted octanol–water partition coefficient (Wildman–Crippen LogP) is 1.08. The number of amides is 1. The molecule has 0 spiro atoms. The number of aliphatic hydroxyl groups excluding tert-OH is 1. The van der Waals surface area contributed by atoms with Gasteiger partial charge in [-0.15, -0.1) is 11.3 Å². The van der Waals surface area contributed by atoms with E-state index >= 15 is 0 Å². The first kappa shape index (κ1) is 12.5. The minimum Gasteiger partial charge on any atom is -0.465 e. The predicted molar refractivity (Wildman–Crippen MR) is 57.7 cm³/mol. The molecule has 0 radical (unpaired) electrons. The smallest absolute Gasteiger partial charge is 0.411 e. The lowest BCUT2D eigenvalue weighted by Crippen LogP contribution is -2.17. The maximum absolute atomic E-state index is 11.2. The Morgan fingerprint density at radius 1 is 1.56 bits per heavy atom. The number of carbonyl (C=O) groups excluding carboxylic acids is 2. The molecule has 1 heterocycles. The van der Waals surface area contributed by atoms with Gasteiger partial charge in [0.05, 0.1) is 19.4 Å². The number of thiophene rings is 1. The Kier molecular flexibility index (Phi) is 4.74. The van der Waals surface area contributed by atoms with E-state index in [1.54, 1.807) is 11.4 Å². The number of ether oxygens (including phenoxy) is 2. The lowest BCUT2D eigenvalue weighted by molar-refractivity contribution is 0.0607. The highest BCUT2D eigenvalue weighted by Crippen LogP contribution is 2.23. The highest BCUT2D eigenvalue weighted by molar-refractivity contribution is 7.12. The molecule has 0 aliphatic carbocycles. The number of hydrogen-bond donors (Lipinski definition) is 2. The second-order valence-corrected chi connectivity index (χ2v) is 3.56. The zero-order valence-electron chi connectivity index (χ0n) is 8.56. The van der Waals surface area contributed by atoms with Crippen LogP contribution in [0.25, 0.3) is 0 Å². The van der Waals surface area contributed by atoms with Crippen LogP contribution in [0.15, 0.2) is 11.4 Å². The summed E-state index contributed by atoms with van der Waals surface area (Å²) in [5.41, 5.74) is 0.333. The minimum atomic E-state index is -0.724. The maximum atomic E-state index is 11.2. The lowest BCUT2D eigenvalue weighted by Gasteiger charge is -2.05. The molecule has 0 atom stereocenters. The number of methoxy groups -OCH3 is 1. The summed E-state index contributed by atoms with van der Waals surface area (Å²) < 4.78 is 9.12. The number of esters is 1. The zero-order valence-corrected chi connectivity index (χ0v) is 9.37. The summed E-state index contributed by atoms with van der Waals surface area (Å²) in [6.45, 7) is -0.343. The third-order valence-electron chi connectivity index (χ3n) is 1.60. The van der Waals surface area contributed by atoms with Crippen molar-refractivity contribution in [1.29, 1.82) is 0 Å². The van der Waals surface area contributed by atoms with Crippen molar-refractivity contribution in [3.63, 3.8) is 0 Å². The Balaban J connectivity index is 2.63. The van der Waals surface area contributed by atoms with Crippen LogP contribution in [0.3, 0.4) is 0 Å². The van der Waals surface area contributed by atoms with Crippen molar-refractivity contribution in [3.05, 3.63) is 16.3 Å². The molecule has 0 bridgehead atoms. The molecule has 0 saturated heterocycles. The van der Waals surface area contributed by atoms with E-state index < -0.39 is 12.1 Å². The van der Waals surface area contributed by atoms with Crippen molar-refractivity contribution in [1.82, 2.24) is 0 Å². The Bertz CT molecular complexity index is 376. The molecule has 0 aromatic carbocycles. The number of rotatable bonds is 4. The number of nitrogens with one attached hydrogen (secondary N) is 1. The average Bonchev–Trinajstić information content (AvgIpc) is 2.73. The highest BCUT2D eigenvalue weighted by atomic mass is 32.1. The first-order valence-electron chi connectivity index (χ1n) is 4.39. The summed E-state index contributed by atoms with van der Waals surface area (Å²) in [6.07, 6.45) is -0.724. The molecule has 1 amide bonds. The molecule has 0 fully saturated rings. The fraction of sp³-hybridized carbons (Fsp3) is 0.333. The van der Waals surface area contributed by atoms with Gasteiger partial charge in [0, 0.05) is 0 Å². The maximum Gasteiger partial charge on any atom is 0.411 e. The van der Waals surface area contributed by atoms with Gasteiger partial charge in [-0.05, 0) is 11.4 Å². The number of aliphatic hydroxyl groups is 1. The molecule has 88 valence electrons. The lowest BCUT2D eigenvalue weighted by atomic mass is 10.4. The van der Waals surface area contributed by atoms with E-state index in [1.165, 1.54) is 7.11 Å². The van der Waals surface area contributed by atoms with Gasteiger partial charge in [0.25, 0.3) is 0 Å². The minimum absolute atomic E-state index is 0.0937. The molecule has 1 aromatic heterocycles. The standard InChI is InChI=1S/C9H11NO5S/c1-14-8(12)7-6(2-5-16-7)10-9(13)15-4-3-11/h2,5,11H,3-4H2,1H3,(H,10,13). The van der Waals surface area contributed by atoms with Crippen LogP contribution < -0.4 is 5.32 Å². The Morgan fingerprint density at radius 2 is 2.31 bits per heavy atom. The van der Waals surface area contributed by atoms with Gasteiger partial charge in [0.2, 0.25) is 0 Å². The fourth-order valence-corrected chi connectivity index (χ4v) is 1.71. The quantitative estimate of drug-likeness (QED) is 0.775. The van der Waals surface area contributed by atoms with E-state index in [1.807, 2.05) is 0 Å². The molecular weight excluding hydrogens is 234 g/mol. The van der Waals surface area contributed by atoms with Crippen LogP contribution in [0.4, 0.5) is 10.5 Å². The van der Waals surface area contributed by atoms with Gasteiger partial charge < -0.3 is 14.6 Å². The van der Waals surface area contributed by atoms with E-state index in [-0.39, 0.29) is 13.2 Å². The summed E-state index contributed by atoms with van der Waals surface area (Å²) >= 11 is 1.15. The van der Waals surface area contributed by atoms with Crippen LogP contribution in [0, 0.1) is 0 Å². The van der Waals surface area contributed by atoms with Crippen molar-refractivity contribution in [2.45, 2.75) is 0 Å². The number of anilines is 1. The van der Waals surface area contributed by atoms with Crippen molar-refractivity contribution in [3.8, 4) is 0 Å². The second kappa shape index (κ2) is 6.09. The largest absolute Gasteiger partial charge is 0.465 e. The van der Waals surface area contributed by atoms with Gasteiger partial charge in [0.15, 0.2) is 0 Å². The number of hydrogen-bond acceptors (Lipinski definition) is 6. The molecule has 6 nitrogen and oxygen atoms in total. The molecule has 7 heteroatoms. The molecule has 1 rings (SSSR count). The highest BCUT2D eigenvalue weighted by Gasteiger charge is 2.15. The van der Waals surface area contributed by atoms with E-state index in [0.717, 1.165) is 11.3 Å². The molecule has 0 unspecified atom stereocenters.